The van der Waals surface area contributed by atoms with E-state index in [2.05, 4.69) is 5.32 Å². The summed E-state index contributed by atoms with van der Waals surface area (Å²) in [6.45, 7) is 4.09. The molecule has 3 rings (SSSR count). The number of ether oxygens (including phenoxy) is 2. The van der Waals surface area contributed by atoms with E-state index < -0.39 is 0 Å². The molecule has 1 unspecified atom stereocenters. The molecule has 1 N–H and O–H groups in total. The molecule has 24 heavy (non-hydrogen) atoms. The predicted octanol–water partition coefficient (Wildman–Crippen LogP) is 3.66. The van der Waals surface area contributed by atoms with E-state index in [9.17, 15) is 4.79 Å². The smallest absolute Gasteiger partial charge is 0.224 e. The third-order valence-corrected chi connectivity index (χ3v) is 4.24. The highest BCUT2D eigenvalue weighted by atomic mass is 16.5. The minimum atomic E-state index is -0.299. The largest absolute Gasteiger partial charge is 0.497 e. The van der Waals surface area contributed by atoms with Gasteiger partial charge in [0.25, 0.3) is 0 Å². The Bertz CT molecular complexity index is 722. The normalized spacial score (nSPS) is 18.2. The first-order chi connectivity index (χ1) is 11.5. The summed E-state index contributed by atoms with van der Waals surface area (Å²) in [4.78, 5) is 12.5. The SMILES string of the molecule is COc1ccc(CC(=O)NC2CC(C)(C)Oc3ccccc32)cc1. The molecule has 2 aromatic carbocycles. The van der Waals surface area contributed by atoms with Crippen LogP contribution in [0.15, 0.2) is 48.5 Å². The molecule has 1 aliphatic heterocycles. The van der Waals surface area contributed by atoms with Gasteiger partial charge in [-0.05, 0) is 37.6 Å². The van der Waals surface area contributed by atoms with Gasteiger partial charge in [-0.1, -0.05) is 30.3 Å². The number of amides is 1. The van der Waals surface area contributed by atoms with Crippen molar-refractivity contribution < 1.29 is 14.3 Å². The predicted molar refractivity (Wildman–Crippen MR) is 93.3 cm³/mol. The summed E-state index contributed by atoms with van der Waals surface area (Å²) in [6, 6.07) is 15.4. The average molecular weight is 325 g/mol. The molecule has 1 heterocycles. The second-order valence-electron chi connectivity index (χ2n) is 6.75. The van der Waals surface area contributed by atoms with Crippen molar-refractivity contribution in [3.8, 4) is 11.5 Å². The summed E-state index contributed by atoms with van der Waals surface area (Å²) in [5.74, 6) is 1.65. The van der Waals surface area contributed by atoms with Crippen LogP contribution in [-0.2, 0) is 11.2 Å². The molecule has 4 nitrogen and oxygen atoms in total. The summed E-state index contributed by atoms with van der Waals surface area (Å²) in [7, 11) is 1.63. The molecule has 126 valence electrons. The molecule has 0 aliphatic carbocycles. The molecule has 0 spiro atoms. The molecule has 0 aromatic heterocycles. The number of fused-ring (bicyclic) bond motifs is 1. The van der Waals surface area contributed by atoms with Crippen molar-refractivity contribution in [3.63, 3.8) is 0 Å². The van der Waals surface area contributed by atoms with Crippen LogP contribution in [0.1, 0.15) is 37.4 Å². The average Bonchev–Trinajstić information content (AvgIpc) is 2.54. The zero-order chi connectivity index (χ0) is 17.2. The van der Waals surface area contributed by atoms with Gasteiger partial charge in [0.1, 0.15) is 17.1 Å². The highest BCUT2D eigenvalue weighted by Crippen LogP contribution is 2.39. The van der Waals surface area contributed by atoms with E-state index in [4.69, 9.17) is 9.47 Å². The topological polar surface area (TPSA) is 47.6 Å². The van der Waals surface area contributed by atoms with E-state index in [1.54, 1.807) is 7.11 Å². The lowest BCUT2D eigenvalue weighted by Gasteiger charge is -2.37. The Labute approximate surface area is 142 Å². The Morgan fingerprint density at radius 2 is 1.92 bits per heavy atom. The van der Waals surface area contributed by atoms with E-state index in [1.807, 2.05) is 62.4 Å². The molecule has 0 saturated carbocycles. The Morgan fingerprint density at radius 3 is 2.62 bits per heavy atom. The van der Waals surface area contributed by atoms with Crippen LogP contribution in [0.5, 0.6) is 11.5 Å². The third-order valence-electron chi connectivity index (χ3n) is 4.24. The molecule has 0 fully saturated rings. The number of carbonyl (C=O) groups is 1. The monoisotopic (exact) mass is 325 g/mol. The van der Waals surface area contributed by atoms with Crippen LogP contribution >= 0.6 is 0 Å². The van der Waals surface area contributed by atoms with Gasteiger partial charge in [0, 0.05) is 12.0 Å². The van der Waals surface area contributed by atoms with E-state index in [0.717, 1.165) is 29.0 Å². The lowest BCUT2D eigenvalue weighted by atomic mass is 9.89. The molecule has 2 aromatic rings. The van der Waals surface area contributed by atoms with Crippen molar-refractivity contribution in [3.05, 3.63) is 59.7 Å². The Morgan fingerprint density at radius 1 is 1.21 bits per heavy atom. The van der Waals surface area contributed by atoms with Gasteiger partial charge in [0.05, 0.1) is 19.6 Å². The minimum Gasteiger partial charge on any atom is -0.497 e. The summed E-state index contributed by atoms with van der Waals surface area (Å²) in [6.07, 6.45) is 1.10. The van der Waals surface area contributed by atoms with E-state index in [0.29, 0.717) is 6.42 Å². The van der Waals surface area contributed by atoms with Crippen LogP contribution < -0.4 is 14.8 Å². The lowest BCUT2D eigenvalue weighted by Crippen LogP contribution is -2.41. The Hall–Kier alpha value is -2.49. The lowest BCUT2D eigenvalue weighted by molar-refractivity contribution is -0.121. The molecule has 1 aliphatic rings. The number of hydrogen-bond acceptors (Lipinski definition) is 3. The molecular formula is C20H23NO3. The van der Waals surface area contributed by atoms with Crippen molar-refractivity contribution in [1.82, 2.24) is 5.32 Å². The van der Waals surface area contributed by atoms with Crippen LogP contribution in [-0.4, -0.2) is 18.6 Å². The molecule has 1 atom stereocenters. The maximum atomic E-state index is 12.5. The van der Waals surface area contributed by atoms with Crippen LogP contribution in [0.2, 0.25) is 0 Å². The maximum absolute atomic E-state index is 12.5. The molecule has 4 heteroatoms. The van der Waals surface area contributed by atoms with Gasteiger partial charge in [-0.3, -0.25) is 4.79 Å². The standard InChI is InChI=1S/C20H23NO3/c1-20(2)13-17(16-6-4-5-7-18(16)24-20)21-19(22)12-14-8-10-15(23-3)11-9-14/h4-11,17H,12-13H2,1-3H3,(H,21,22). The number of hydrogen-bond donors (Lipinski definition) is 1. The van der Waals surface area contributed by atoms with Gasteiger partial charge in [-0.2, -0.15) is 0 Å². The van der Waals surface area contributed by atoms with E-state index in [-0.39, 0.29) is 17.6 Å². The molecule has 0 saturated heterocycles. The summed E-state index contributed by atoms with van der Waals surface area (Å²) >= 11 is 0. The number of carbonyl (C=O) groups excluding carboxylic acids is 1. The number of para-hydroxylation sites is 1. The number of nitrogens with one attached hydrogen (secondary N) is 1. The van der Waals surface area contributed by atoms with Gasteiger partial charge in [-0.25, -0.2) is 0 Å². The van der Waals surface area contributed by atoms with Crippen molar-refractivity contribution in [2.75, 3.05) is 7.11 Å². The van der Waals surface area contributed by atoms with Crippen LogP contribution in [0.4, 0.5) is 0 Å². The number of rotatable bonds is 4. The van der Waals surface area contributed by atoms with Gasteiger partial charge >= 0.3 is 0 Å². The fraction of sp³-hybridized carbons (Fsp3) is 0.350. The third kappa shape index (κ3) is 3.70. The second-order valence-corrected chi connectivity index (χ2v) is 6.75. The van der Waals surface area contributed by atoms with Gasteiger partial charge < -0.3 is 14.8 Å². The van der Waals surface area contributed by atoms with Gasteiger partial charge in [0.15, 0.2) is 0 Å². The molecular weight excluding hydrogens is 302 g/mol. The molecule has 0 bridgehead atoms. The van der Waals surface area contributed by atoms with Gasteiger partial charge in [-0.15, -0.1) is 0 Å². The summed E-state index contributed by atoms with van der Waals surface area (Å²) in [5.41, 5.74) is 1.71. The fourth-order valence-electron chi connectivity index (χ4n) is 3.11. The summed E-state index contributed by atoms with van der Waals surface area (Å²) < 4.78 is 11.2. The maximum Gasteiger partial charge on any atom is 0.224 e. The summed E-state index contributed by atoms with van der Waals surface area (Å²) in [5, 5.41) is 3.16. The fourth-order valence-corrected chi connectivity index (χ4v) is 3.11. The van der Waals surface area contributed by atoms with E-state index in [1.165, 1.54) is 0 Å². The number of benzene rings is 2. The van der Waals surface area contributed by atoms with E-state index >= 15 is 0 Å². The highest BCUT2D eigenvalue weighted by Gasteiger charge is 2.34. The molecule has 0 radical (unpaired) electrons. The molecule has 1 amide bonds. The number of methoxy groups -OCH3 is 1. The van der Waals surface area contributed by atoms with Crippen LogP contribution in [0.25, 0.3) is 0 Å². The minimum absolute atomic E-state index is 0.0117. The van der Waals surface area contributed by atoms with Crippen LogP contribution in [0.3, 0.4) is 0 Å². The van der Waals surface area contributed by atoms with Gasteiger partial charge in [0.2, 0.25) is 5.91 Å². The van der Waals surface area contributed by atoms with Crippen molar-refractivity contribution in [2.24, 2.45) is 0 Å². The van der Waals surface area contributed by atoms with Crippen molar-refractivity contribution in [2.45, 2.75) is 38.3 Å². The van der Waals surface area contributed by atoms with Crippen molar-refractivity contribution >= 4 is 5.91 Å². The second kappa shape index (κ2) is 6.56. The quantitative estimate of drug-likeness (QED) is 0.933. The van der Waals surface area contributed by atoms with Crippen molar-refractivity contribution in [1.29, 1.82) is 0 Å². The highest BCUT2D eigenvalue weighted by molar-refractivity contribution is 5.79. The first-order valence-corrected chi connectivity index (χ1v) is 8.17. The first-order valence-electron chi connectivity index (χ1n) is 8.17. The van der Waals surface area contributed by atoms with Crippen LogP contribution in [0, 0.1) is 0 Å². The Balaban J connectivity index is 1.71. The zero-order valence-electron chi connectivity index (χ0n) is 14.3. The first kappa shape index (κ1) is 16.4. The zero-order valence-corrected chi connectivity index (χ0v) is 14.3. The Kier molecular flexibility index (Phi) is 4.47.